The Labute approximate surface area is 145 Å². The van der Waals surface area contributed by atoms with Gasteiger partial charge in [0, 0.05) is 13.5 Å². The van der Waals surface area contributed by atoms with Crippen LogP contribution >= 0.6 is 0 Å². The van der Waals surface area contributed by atoms with Gasteiger partial charge in [0.2, 0.25) is 5.91 Å². The highest BCUT2D eigenvalue weighted by molar-refractivity contribution is 5.94. The molecule has 0 bridgehead atoms. The summed E-state index contributed by atoms with van der Waals surface area (Å²) in [6.07, 6.45) is 0.371. The number of hydrogen-bond donors (Lipinski definition) is 1. The van der Waals surface area contributed by atoms with Crippen molar-refractivity contribution in [2.45, 2.75) is 32.8 Å². The molecule has 1 amide bonds. The van der Waals surface area contributed by atoms with Gasteiger partial charge in [0.05, 0.1) is 23.4 Å². The smallest absolute Gasteiger partial charge is 0.309 e. The number of aromatic nitrogens is 2. The average Bonchev–Trinajstić information content (AvgIpc) is 2.99. The minimum absolute atomic E-state index is 0.0162. The van der Waals surface area contributed by atoms with Gasteiger partial charge >= 0.3 is 5.97 Å². The maximum atomic E-state index is 12.7. The van der Waals surface area contributed by atoms with Crippen LogP contribution in [0.4, 0.5) is 5.69 Å². The summed E-state index contributed by atoms with van der Waals surface area (Å²) in [5.74, 6) is -1.16. The van der Waals surface area contributed by atoms with Gasteiger partial charge in [-0.3, -0.25) is 19.1 Å². The number of rotatable bonds is 4. The zero-order valence-corrected chi connectivity index (χ0v) is 14.5. The van der Waals surface area contributed by atoms with Crippen molar-refractivity contribution in [3.63, 3.8) is 0 Å². The van der Waals surface area contributed by atoms with Crippen LogP contribution in [-0.4, -0.2) is 27.3 Å². The first-order chi connectivity index (χ1) is 11.9. The van der Waals surface area contributed by atoms with Crippen molar-refractivity contribution < 1.29 is 14.3 Å². The van der Waals surface area contributed by atoms with E-state index in [4.69, 9.17) is 4.74 Å². The minimum atomic E-state index is -0.449. The second kappa shape index (κ2) is 6.58. The van der Waals surface area contributed by atoms with Crippen molar-refractivity contribution in [1.82, 2.24) is 9.36 Å². The van der Waals surface area contributed by atoms with Gasteiger partial charge in [0.25, 0.3) is 5.56 Å². The molecular weight excluding hydrogens is 322 g/mol. The van der Waals surface area contributed by atoms with Crippen LogP contribution in [0.3, 0.4) is 0 Å². The van der Waals surface area contributed by atoms with Gasteiger partial charge in [-0.05, 0) is 32.4 Å². The van der Waals surface area contributed by atoms with Gasteiger partial charge in [-0.2, -0.15) is 0 Å². The molecule has 0 aliphatic carbocycles. The summed E-state index contributed by atoms with van der Waals surface area (Å²) in [6, 6.07) is 9.20. The fraction of sp³-hybridized carbons (Fsp3) is 0.389. The van der Waals surface area contributed by atoms with Crippen molar-refractivity contribution in [3.8, 4) is 5.69 Å². The molecule has 0 spiro atoms. The summed E-state index contributed by atoms with van der Waals surface area (Å²) in [5.41, 5.74) is 1.29. The molecule has 1 aromatic heterocycles. The third-order valence-corrected chi connectivity index (χ3v) is 4.52. The molecule has 1 aromatic carbocycles. The van der Waals surface area contributed by atoms with Gasteiger partial charge in [-0.25, -0.2) is 4.68 Å². The molecule has 1 saturated heterocycles. The summed E-state index contributed by atoms with van der Waals surface area (Å²) in [6.45, 7) is 3.57. The Bertz CT molecular complexity index is 866. The predicted octanol–water partition coefficient (Wildman–Crippen LogP) is 1.76. The third-order valence-electron chi connectivity index (χ3n) is 4.52. The van der Waals surface area contributed by atoms with Crippen molar-refractivity contribution in [1.29, 1.82) is 0 Å². The number of cyclic esters (lactones) is 1. The van der Waals surface area contributed by atoms with E-state index in [1.54, 1.807) is 25.6 Å². The van der Waals surface area contributed by atoms with Crippen LogP contribution in [0.25, 0.3) is 5.69 Å². The standard InChI is InChI=1S/C18H21N3O4/c1-11-9-13(18(24)25-11)10-15(22)19-16-12(2)20(3)21(17(16)23)14-7-5-4-6-8-14/h4-8,11,13H,9-10H2,1-3H3,(H,19,22)/t11-,13+/m0/s1. The first kappa shape index (κ1) is 17.0. The summed E-state index contributed by atoms with van der Waals surface area (Å²) < 4.78 is 8.26. The molecule has 0 radical (unpaired) electrons. The van der Waals surface area contributed by atoms with Crippen LogP contribution < -0.4 is 10.9 Å². The highest BCUT2D eigenvalue weighted by Crippen LogP contribution is 2.24. The van der Waals surface area contributed by atoms with Crippen LogP contribution in [0, 0.1) is 12.8 Å². The quantitative estimate of drug-likeness (QED) is 0.858. The zero-order valence-electron chi connectivity index (χ0n) is 14.5. The van der Waals surface area contributed by atoms with Crippen LogP contribution in [0.5, 0.6) is 0 Å². The molecule has 0 unspecified atom stereocenters. The number of benzene rings is 1. The van der Waals surface area contributed by atoms with E-state index in [1.807, 2.05) is 30.3 Å². The Balaban J connectivity index is 1.83. The Kier molecular flexibility index (Phi) is 4.48. The van der Waals surface area contributed by atoms with Crippen molar-refractivity contribution >= 4 is 17.6 Å². The zero-order chi connectivity index (χ0) is 18.1. The average molecular weight is 343 g/mol. The van der Waals surface area contributed by atoms with E-state index >= 15 is 0 Å². The monoisotopic (exact) mass is 343 g/mol. The highest BCUT2D eigenvalue weighted by Gasteiger charge is 2.33. The lowest BCUT2D eigenvalue weighted by molar-refractivity contribution is -0.144. The summed E-state index contributed by atoms with van der Waals surface area (Å²) in [5, 5.41) is 2.67. The fourth-order valence-electron chi connectivity index (χ4n) is 3.13. The molecule has 2 atom stereocenters. The van der Waals surface area contributed by atoms with E-state index < -0.39 is 5.92 Å². The minimum Gasteiger partial charge on any atom is -0.462 e. The first-order valence-electron chi connectivity index (χ1n) is 8.23. The number of para-hydroxylation sites is 1. The van der Waals surface area contributed by atoms with E-state index in [0.29, 0.717) is 17.8 Å². The number of carbonyl (C=O) groups excluding carboxylic acids is 2. The number of nitrogens with zero attached hydrogens (tertiary/aromatic N) is 2. The largest absolute Gasteiger partial charge is 0.462 e. The molecule has 1 aliphatic heterocycles. The third kappa shape index (κ3) is 3.22. The lowest BCUT2D eigenvalue weighted by Gasteiger charge is -2.07. The number of esters is 1. The lowest BCUT2D eigenvalue weighted by Crippen LogP contribution is -2.24. The Morgan fingerprint density at radius 3 is 2.56 bits per heavy atom. The van der Waals surface area contributed by atoms with Crippen LogP contribution in [0.15, 0.2) is 35.1 Å². The van der Waals surface area contributed by atoms with Gasteiger partial charge in [-0.15, -0.1) is 0 Å². The number of nitrogens with one attached hydrogen (secondary N) is 1. The number of amides is 1. The summed E-state index contributed by atoms with van der Waals surface area (Å²) in [7, 11) is 1.76. The van der Waals surface area contributed by atoms with E-state index in [9.17, 15) is 14.4 Å². The number of hydrogen-bond acceptors (Lipinski definition) is 4. The summed E-state index contributed by atoms with van der Waals surface area (Å²) in [4.78, 5) is 36.7. The Hall–Kier alpha value is -2.83. The second-order valence-electron chi connectivity index (χ2n) is 6.37. The van der Waals surface area contributed by atoms with E-state index in [2.05, 4.69) is 5.32 Å². The predicted molar refractivity (Wildman–Crippen MR) is 92.7 cm³/mol. The molecule has 7 heteroatoms. The summed E-state index contributed by atoms with van der Waals surface area (Å²) >= 11 is 0. The molecule has 2 aromatic rings. The molecule has 1 fully saturated rings. The van der Waals surface area contributed by atoms with E-state index in [0.717, 1.165) is 0 Å². The Morgan fingerprint density at radius 2 is 1.96 bits per heavy atom. The van der Waals surface area contributed by atoms with E-state index in [1.165, 1.54) is 4.68 Å². The topological polar surface area (TPSA) is 82.3 Å². The van der Waals surface area contributed by atoms with Crippen LogP contribution in [0.1, 0.15) is 25.5 Å². The van der Waals surface area contributed by atoms with Gasteiger partial charge < -0.3 is 10.1 Å². The van der Waals surface area contributed by atoms with Crippen molar-refractivity contribution in [3.05, 3.63) is 46.4 Å². The van der Waals surface area contributed by atoms with Gasteiger partial charge in [0.15, 0.2) is 0 Å². The Morgan fingerprint density at radius 1 is 1.28 bits per heavy atom. The number of carbonyl (C=O) groups is 2. The molecule has 2 heterocycles. The molecule has 25 heavy (non-hydrogen) atoms. The maximum absolute atomic E-state index is 12.7. The highest BCUT2D eigenvalue weighted by atomic mass is 16.5. The van der Waals surface area contributed by atoms with E-state index in [-0.39, 0.29) is 35.6 Å². The lowest BCUT2D eigenvalue weighted by atomic mass is 10.0. The molecule has 1 N–H and O–H groups in total. The molecule has 3 rings (SSSR count). The van der Waals surface area contributed by atoms with Crippen LogP contribution in [-0.2, 0) is 21.4 Å². The van der Waals surface area contributed by atoms with Gasteiger partial charge in [-0.1, -0.05) is 18.2 Å². The van der Waals surface area contributed by atoms with Gasteiger partial charge in [0.1, 0.15) is 5.69 Å². The molecule has 7 nitrogen and oxygen atoms in total. The fourth-order valence-corrected chi connectivity index (χ4v) is 3.13. The molecule has 132 valence electrons. The molecule has 1 aliphatic rings. The normalized spacial score (nSPS) is 19.7. The number of anilines is 1. The second-order valence-corrected chi connectivity index (χ2v) is 6.37. The molecule has 0 saturated carbocycles. The molecular formula is C18H21N3O4. The maximum Gasteiger partial charge on any atom is 0.309 e. The van der Waals surface area contributed by atoms with Crippen molar-refractivity contribution in [2.24, 2.45) is 13.0 Å². The van der Waals surface area contributed by atoms with Crippen LogP contribution in [0.2, 0.25) is 0 Å². The van der Waals surface area contributed by atoms with Crippen molar-refractivity contribution in [2.75, 3.05) is 5.32 Å². The number of ether oxygens (including phenoxy) is 1. The first-order valence-corrected chi connectivity index (χ1v) is 8.23. The SMILES string of the molecule is Cc1c(NC(=O)C[C@H]2C[C@H](C)OC2=O)c(=O)n(-c2ccccc2)n1C.